The minimum atomic E-state index is -0.626. The third-order valence-corrected chi connectivity index (χ3v) is 4.24. The molecule has 0 spiro atoms. The molecule has 0 N–H and O–H groups in total. The predicted octanol–water partition coefficient (Wildman–Crippen LogP) is 1.73. The molecule has 1 fully saturated rings. The van der Waals surface area contributed by atoms with Crippen molar-refractivity contribution < 1.29 is 14.0 Å². The second-order valence-electron chi connectivity index (χ2n) is 6.26. The Kier molecular flexibility index (Phi) is 4.38. The van der Waals surface area contributed by atoms with Crippen LogP contribution in [0.4, 0.5) is 0 Å². The van der Waals surface area contributed by atoms with Gasteiger partial charge in [-0.1, -0.05) is 32.0 Å². The molecular weight excluding hydrogens is 308 g/mol. The molecule has 126 valence electrons. The lowest BCUT2D eigenvalue weighted by atomic mass is 10.1. The smallest absolute Gasteiger partial charge is 0.349 e. The van der Waals surface area contributed by atoms with E-state index in [-0.39, 0.29) is 23.3 Å². The van der Waals surface area contributed by atoms with Crippen molar-refractivity contribution in [1.82, 2.24) is 9.80 Å². The molecule has 6 nitrogen and oxygen atoms in total. The molecule has 0 saturated carbocycles. The highest BCUT2D eigenvalue weighted by Crippen LogP contribution is 2.15. The Labute approximate surface area is 139 Å². The minimum Gasteiger partial charge on any atom is -0.422 e. The highest BCUT2D eigenvalue weighted by molar-refractivity contribution is 5.96. The first-order chi connectivity index (χ1) is 11.5. The van der Waals surface area contributed by atoms with Crippen molar-refractivity contribution in [3.63, 3.8) is 0 Å². The molecule has 0 bridgehead atoms. The second kappa shape index (κ2) is 6.47. The number of piperazine rings is 1. The number of para-hydroxylation sites is 1. The lowest BCUT2D eigenvalue weighted by Crippen LogP contribution is -2.52. The van der Waals surface area contributed by atoms with Gasteiger partial charge in [-0.3, -0.25) is 9.59 Å². The highest BCUT2D eigenvalue weighted by atomic mass is 16.4. The average Bonchev–Trinajstić information content (AvgIpc) is 2.60. The number of fused-ring (bicyclic) bond motifs is 1. The molecule has 2 aromatic rings. The monoisotopic (exact) mass is 328 g/mol. The van der Waals surface area contributed by atoms with Crippen LogP contribution < -0.4 is 5.63 Å². The van der Waals surface area contributed by atoms with Gasteiger partial charge in [-0.25, -0.2) is 4.79 Å². The Bertz CT molecular complexity index is 832. The summed E-state index contributed by atoms with van der Waals surface area (Å²) in [6.45, 7) is 5.54. The van der Waals surface area contributed by atoms with Crippen LogP contribution in [0.3, 0.4) is 0 Å². The highest BCUT2D eigenvalue weighted by Gasteiger charge is 2.27. The maximum Gasteiger partial charge on any atom is 0.349 e. The summed E-state index contributed by atoms with van der Waals surface area (Å²) in [4.78, 5) is 40.1. The van der Waals surface area contributed by atoms with Crippen LogP contribution in [0.1, 0.15) is 24.2 Å². The standard InChI is InChI=1S/C18H20N2O4/c1-12(2)16(21)19-7-9-20(10-8-19)17(22)14-11-13-5-3-4-6-15(13)24-18(14)23/h3-6,11-12H,7-10H2,1-2H3. The molecule has 1 aliphatic heterocycles. The van der Waals surface area contributed by atoms with Gasteiger partial charge in [0.05, 0.1) is 0 Å². The lowest BCUT2D eigenvalue weighted by molar-refractivity contribution is -0.135. The third kappa shape index (κ3) is 3.04. The van der Waals surface area contributed by atoms with Gasteiger partial charge in [0.25, 0.3) is 5.91 Å². The summed E-state index contributed by atoms with van der Waals surface area (Å²) in [6.07, 6.45) is 0. The normalized spacial score (nSPS) is 15.1. The molecule has 0 atom stereocenters. The van der Waals surface area contributed by atoms with Crippen molar-refractivity contribution in [3.8, 4) is 0 Å². The van der Waals surface area contributed by atoms with Gasteiger partial charge in [0.1, 0.15) is 11.1 Å². The Morgan fingerprint density at radius 3 is 2.33 bits per heavy atom. The Morgan fingerprint density at radius 1 is 1.04 bits per heavy atom. The fraction of sp³-hybridized carbons (Fsp3) is 0.389. The molecule has 6 heteroatoms. The van der Waals surface area contributed by atoms with Gasteiger partial charge in [0.15, 0.2) is 0 Å². The summed E-state index contributed by atoms with van der Waals surface area (Å²) in [7, 11) is 0. The quantitative estimate of drug-likeness (QED) is 0.787. The molecule has 0 aliphatic carbocycles. The maximum atomic E-state index is 12.6. The van der Waals surface area contributed by atoms with Crippen LogP contribution in [0.5, 0.6) is 0 Å². The molecule has 0 unspecified atom stereocenters. The first-order valence-electron chi connectivity index (χ1n) is 8.08. The zero-order valence-corrected chi connectivity index (χ0v) is 13.8. The number of amides is 2. The molecule has 2 amide bonds. The SMILES string of the molecule is CC(C)C(=O)N1CCN(C(=O)c2cc3ccccc3oc2=O)CC1. The van der Waals surface area contributed by atoms with E-state index in [1.54, 1.807) is 34.1 Å². The topological polar surface area (TPSA) is 70.8 Å². The summed E-state index contributed by atoms with van der Waals surface area (Å²) in [6, 6.07) is 8.68. The number of carbonyl (C=O) groups excluding carboxylic acids is 2. The first kappa shape index (κ1) is 16.2. The number of hydrogen-bond acceptors (Lipinski definition) is 4. The fourth-order valence-corrected chi connectivity index (χ4v) is 2.88. The molecular formula is C18H20N2O4. The summed E-state index contributed by atoms with van der Waals surface area (Å²) >= 11 is 0. The van der Waals surface area contributed by atoms with Gasteiger partial charge < -0.3 is 14.2 Å². The van der Waals surface area contributed by atoms with Crippen molar-refractivity contribution in [3.05, 3.63) is 46.3 Å². The van der Waals surface area contributed by atoms with E-state index in [2.05, 4.69) is 0 Å². The summed E-state index contributed by atoms with van der Waals surface area (Å²) in [5.41, 5.74) is -0.122. The van der Waals surface area contributed by atoms with Crippen LogP contribution in [0, 0.1) is 5.92 Å². The number of carbonyl (C=O) groups is 2. The minimum absolute atomic E-state index is 0.0392. The lowest BCUT2D eigenvalue weighted by Gasteiger charge is -2.35. The van der Waals surface area contributed by atoms with E-state index < -0.39 is 5.63 Å². The predicted molar refractivity (Wildman–Crippen MR) is 89.8 cm³/mol. The molecule has 1 saturated heterocycles. The van der Waals surface area contributed by atoms with Crippen LogP contribution in [0.2, 0.25) is 0 Å². The van der Waals surface area contributed by atoms with E-state index in [1.807, 2.05) is 19.9 Å². The van der Waals surface area contributed by atoms with E-state index in [9.17, 15) is 14.4 Å². The largest absolute Gasteiger partial charge is 0.422 e. The van der Waals surface area contributed by atoms with Crippen LogP contribution in [-0.4, -0.2) is 47.8 Å². The Morgan fingerprint density at radius 2 is 1.67 bits per heavy atom. The van der Waals surface area contributed by atoms with Gasteiger partial charge in [-0.15, -0.1) is 0 Å². The summed E-state index contributed by atoms with van der Waals surface area (Å²) in [5.74, 6) is -0.307. The van der Waals surface area contributed by atoms with Gasteiger partial charge in [-0.2, -0.15) is 0 Å². The number of hydrogen-bond donors (Lipinski definition) is 0. The molecule has 1 aliphatic rings. The summed E-state index contributed by atoms with van der Waals surface area (Å²) < 4.78 is 5.23. The zero-order valence-electron chi connectivity index (χ0n) is 13.8. The van der Waals surface area contributed by atoms with Crippen LogP contribution in [0.15, 0.2) is 39.5 Å². The van der Waals surface area contributed by atoms with Gasteiger partial charge in [0, 0.05) is 37.5 Å². The zero-order chi connectivity index (χ0) is 17.3. The number of rotatable bonds is 2. The second-order valence-corrected chi connectivity index (χ2v) is 6.26. The van der Waals surface area contributed by atoms with Crippen LogP contribution in [-0.2, 0) is 4.79 Å². The molecule has 1 aromatic carbocycles. The van der Waals surface area contributed by atoms with Crippen molar-refractivity contribution in [1.29, 1.82) is 0 Å². The summed E-state index contributed by atoms with van der Waals surface area (Å²) in [5, 5.41) is 0.717. The van der Waals surface area contributed by atoms with E-state index in [0.29, 0.717) is 37.1 Å². The molecule has 3 rings (SSSR count). The average molecular weight is 328 g/mol. The first-order valence-corrected chi connectivity index (χ1v) is 8.08. The number of nitrogens with zero attached hydrogens (tertiary/aromatic N) is 2. The van der Waals surface area contributed by atoms with Gasteiger partial charge in [-0.05, 0) is 12.1 Å². The third-order valence-electron chi connectivity index (χ3n) is 4.24. The molecule has 2 heterocycles. The van der Waals surface area contributed by atoms with Crippen LogP contribution >= 0.6 is 0 Å². The van der Waals surface area contributed by atoms with E-state index >= 15 is 0 Å². The Balaban J connectivity index is 1.77. The fourth-order valence-electron chi connectivity index (χ4n) is 2.88. The van der Waals surface area contributed by atoms with Gasteiger partial charge >= 0.3 is 5.63 Å². The van der Waals surface area contributed by atoms with Crippen molar-refractivity contribution in [2.45, 2.75) is 13.8 Å². The Hall–Kier alpha value is -2.63. The molecule has 24 heavy (non-hydrogen) atoms. The van der Waals surface area contributed by atoms with E-state index in [0.717, 1.165) is 0 Å². The van der Waals surface area contributed by atoms with Crippen molar-refractivity contribution in [2.75, 3.05) is 26.2 Å². The van der Waals surface area contributed by atoms with Gasteiger partial charge in [0.2, 0.25) is 5.91 Å². The van der Waals surface area contributed by atoms with Crippen molar-refractivity contribution in [2.24, 2.45) is 5.92 Å². The molecule has 1 aromatic heterocycles. The van der Waals surface area contributed by atoms with Crippen LogP contribution in [0.25, 0.3) is 11.0 Å². The maximum absolute atomic E-state index is 12.6. The van der Waals surface area contributed by atoms with Crippen molar-refractivity contribution >= 4 is 22.8 Å². The van der Waals surface area contributed by atoms with E-state index in [4.69, 9.17) is 4.42 Å². The number of benzene rings is 1. The van der Waals surface area contributed by atoms with E-state index in [1.165, 1.54) is 0 Å². The molecule has 0 radical (unpaired) electrons.